The number of amides is 1. The van der Waals surface area contributed by atoms with Gasteiger partial charge in [0, 0.05) is 24.2 Å². The van der Waals surface area contributed by atoms with E-state index < -0.39 is 21.6 Å². The predicted octanol–water partition coefficient (Wildman–Crippen LogP) is 4.07. The van der Waals surface area contributed by atoms with Crippen molar-refractivity contribution in [2.45, 2.75) is 4.90 Å². The lowest BCUT2D eigenvalue weighted by Crippen LogP contribution is -2.08. The van der Waals surface area contributed by atoms with E-state index in [4.69, 9.17) is 4.74 Å². The molecule has 1 amide bonds. The van der Waals surface area contributed by atoms with E-state index in [0.717, 1.165) is 6.26 Å². The molecule has 3 aromatic rings. The van der Waals surface area contributed by atoms with Crippen molar-refractivity contribution in [3.63, 3.8) is 0 Å². The van der Waals surface area contributed by atoms with E-state index in [0.29, 0.717) is 17.0 Å². The molecule has 0 saturated heterocycles. The van der Waals surface area contributed by atoms with Gasteiger partial charge >= 0.3 is 0 Å². The fraction of sp³-hybridized carbons (Fsp3) is 0.0476. The summed E-state index contributed by atoms with van der Waals surface area (Å²) in [5.74, 6) is -0.619. The Morgan fingerprint density at radius 1 is 1.14 bits per heavy atom. The lowest BCUT2D eigenvalue weighted by Gasteiger charge is -2.07. The fourth-order valence-electron chi connectivity index (χ4n) is 2.40. The van der Waals surface area contributed by atoms with Crippen LogP contribution in [0.2, 0.25) is 0 Å². The maximum atomic E-state index is 14.2. The van der Waals surface area contributed by atoms with Crippen LogP contribution in [0.4, 0.5) is 10.1 Å². The Kier molecular flexibility index (Phi) is 6.04. The van der Waals surface area contributed by atoms with E-state index in [2.05, 4.69) is 10.3 Å². The van der Waals surface area contributed by atoms with Crippen LogP contribution < -0.4 is 10.1 Å². The van der Waals surface area contributed by atoms with Crippen LogP contribution >= 0.6 is 0 Å². The zero-order chi connectivity index (χ0) is 20.9. The average molecular weight is 412 g/mol. The van der Waals surface area contributed by atoms with Crippen molar-refractivity contribution in [2.24, 2.45) is 0 Å². The number of ether oxygens (including phenoxy) is 1. The second kappa shape index (κ2) is 8.66. The highest BCUT2D eigenvalue weighted by Gasteiger charge is 2.09. The largest absolute Gasteiger partial charge is 0.453 e. The first-order valence-electron chi connectivity index (χ1n) is 8.48. The molecule has 0 radical (unpaired) electrons. The number of hydrogen-bond acceptors (Lipinski definition) is 5. The van der Waals surface area contributed by atoms with Crippen molar-refractivity contribution in [3.05, 3.63) is 84.4 Å². The van der Waals surface area contributed by atoms with Crippen LogP contribution in [0.3, 0.4) is 0 Å². The number of hydrogen-bond donors (Lipinski definition) is 1. The number of pyridine rings is 1. The van der Waals surface area contributed by atoms with E-state index in [-0.39, 0.29) is 10.6 Å². The molecule has 0 atom stereocenters. The number of halogens is 1. The number of anilines is 1. The minimum Gasteiger partial charge on any atom is -0.453 e. The summed E-state index contributed by atoms with van der Waals surface area (Å²) in [6.07, 6.45) is 6.80. The summed E-state index contributed by atoms with van der Waals surface area (Å²) >= 11 is 0. The summed E-state index contributed by atoms with van der Waals surface area (Å²) < 4.78 is 42.8. The van der Waals surface area contributed by atoms with Crippen molar-refractivity contribution in [2.75, 3.05) is 11.6 Å². The molecule has 8 heteroatoms. The molecule has 0 aliphatic rings. The molecule has 6 nitrogen and oxygen atoms in total. The van der Waals surface area contributed by atoms with Crippen molar-refractivity contribution in [1.29, 1.82) is 0 Å². The van der Waals surface area contributed by atoms with E-state index in [1.165, 1.54) is 48.7 Å². The van der Waals surface area contributed by atoms with Crippen LogP contribution in [0.5, 0.6) is 11.5 Å². The molecule has 0 saturated carbocycles. The number of nitrogens with zero attached hydrogens (tertiary/aromatic N) is 1. The lowest BCUT2D eigenvalue weighted by molar-refractivity contribution is -0.111. The molecular weight excluding hydrogens is 395 g/mol. The molecule has 1 aromatic heterocycles. The first kappa shape index (κ1) is 20.2. The summed E-state index contributed by atoms with van der Waals surface area (Å²) in [6, 6.07) is 13.5. The van der Waals surface area contributed by atoms with Gasteiger partial charge in [0.2, 0.25) is 5.91 Å². The lowest BCUT2D eigenvalue weighted by atomic mass is 10.2. The SMILES string of the molecule is CS(=O)(=O)c1cccc(NC(=O)/C=C/c2ccc(Oc3cccnc3)c(F)c2)c1. The van der Waals surface area contributed by atoms with Gasteiger partial charge in [0.25, 0.3) is 0 Å². The van der Waals surface area contributed by atoms with E-state index >= 15 is 0 Å². The van der Waals surface area contributed by atoms with E-state index in [1.807, 2.05) is 0 Å². The van der Waals surface area contributed by atoms with Gasteiger partial charge in [-0.3, -0.25) is 9.78 Å². The van der Waals surface area contributed by atoms with Crippen LogP contribution in [-0.2, 0) is 14.6 Å². The number of aromatic nitrogens is 1. The van der Waals surface area contributed by atoms with Crippen LogP contribution in [0.15, 0.2) is 78.0 Å². The minimum absolute atomic E-state index is 0.0391. The van der Waals surface area contributed by atoms with Crippen LogP contribution in [0.1, 0.15) is 5.56 Å². The number of rotatable bonds is 6. The molecule has 0 fully saturated rings. The molecular formula is C21H17FN2O4S. The Bertz CT molecular complexity index is 1160. The Balaban J connectivity index is 1.67. The third-order valence-corrected chi connectivity index (χ3v) is 4.89. The molecule has 1 N–H and O–H groups in total. The Morgan fingerprint density at radius 3 is 2.66 bits per heavy atom. The summed E-state index contributed by atoms with van der Waals surface area (Å²) in [5, 5.41) is 2.57. The second-order valence-corrected chi connectivity index (χ2v) is 8.12. The molecule has 0 spiro atoms. The number of sulfone groups is 1. The molecule has 0 unspecified atom stereocenters. The number of benzene rings is 2. The van der Waals surface area contributed by atoms with Crippen molar-refractivity contribution in [1.82, 2.24) is 4.98 Å². The van der Waals surface area contributed by atoms with Gasteiger partial charge in [-0.2, -0.15) is 0 Å². The average Bonchev–Trinajstić information content (AvgIpc) is 2.69. The zero-order valence-electron chi connectivity index (χ0n) is 15.4. The van der Waals surface area contributed by atoms with Gasteiger partial charge in [-0.15, -0.1) is 0 Å². The monoisotopic (exact) mass is 412 g/mol. The maximum Gasteiger partial charge on any atom is 0.248 e. The first-order valence-corrected chi connectivity index (χ1v) is 10.4. The third kappa shape index (κ3) is 5.73. The summed E-state index contributed by atoms with van der Waals surface area (Å²) in [5.41, 5.74) is 0.801. The van der Waals surface area contributed by atoms with Crippen molar-refractivity contribution < 1.29 is 22.3 Å². The highest BCUT2D eigenvalue weighted by molar-refractivity contribution is 7.90. The van der Waals surface area contributed by atoms with Gasteiger partial charge in [0.15, 0.2) is 21.4 Å². The second-order valence-electron chi connectivity index (χ2n) is 6.10. The van der Waals surface area contributed by atoms with Gasteiger partial charge in [0.1, 0.15) is 5.75 Å². The molecule has 0 aliphatic carbocycles. The Labute approximate surface area is 167 Å². The molecule has 0 aliphatic heterocycles. The molecule has 29 heavy (non-hydrogen) atoms. The van der Waals surface area contributed by atoms with Gasteiger partial charge < -0.3 is 10.1 Å². The zero-order valence-corrected chi connectivity index (χ0v) is 16.2. The highest BCUT2D eigenvalue weighted by atomic mass is 32.2. The van der Waals surface area contributed by atoms with Gasteiger partial charge in [0.05, 0.1) is 11.1 Å². The summed E-state index contributed by atoms with van der Waals surface area (Å²) in [6.45, 7) is 0. The quantitative estimate of drug-likeness (QED) is 0.617. The number of carbonyl (C=O) groups is 1. The molecule has 1 heterocycles. The molecule has 2 aromatic carbocycles. The van der Waals surface area contributed by atoms with Crippen molar-refractivity contribution in [3.8, 4) is 11.5 Å². The normalized spacial score (nSPS) is 11.4. The number of nitrogens with one attached hydrogen (secondary N) is 1. The van der Waals surface area contributed by atoms with Crippen LogP contribution in [0, 0.1) is 5.82 Å². The summed E-state index contributed by atoms with van der Waals surface area (Å²) in [7, 11) is -3.37. The van der Waals surface area contributed by atoms with Gasteiger partial charge in [-0.25, -0.2) is 12.8 Å². The van der Waals surface area contributed by atoms with Crippen molar-refractivity contribution >= 4 is 27.5 Å². The minimum atomic E-state index is -3.37. The molecule has 0 bridgehead atoms. The third-order valence-electron chi connectivity index (χ3n) is 3.78. The molecule has 148 valence electrons. The topological polar surface area (TPSA) is 85.4 Å². The fourth-order valence-corrected chi connectivity index (χ4v) is 3.07. The Hall–Kier alpha value is -3.52. The maximum absolute atomic E-state index is 14.2. The Morgan fingerprint density at radius 2 is 1.97 bits per heavy atom. The smallest absolute Gasteiger partial charge is 0.248 e. The van der Waals surface area contributed by atoms with Crippen LogP contribution in [0.25, 0.3) is 6.08 Å². The molecule has 3 rings (SSSR count). The van der Waals surface area contributed by atoms with Gasteiger partial charge in [-0.05, 0) is 54.1 Å². The predicted molar refractivity (Wildman–Crippen MR) is 108 cm³/mol. The van der Waals surface area contributed by atoms with E-state index in [1.54, 1.807) is 30.5 Å². The van der Waals surface area contributed by atoms with Gasteiger partial charge in [-0.1, -0.05) is 12.1 Å². The first-order chi connectivity index (χ1) is 13.8. The van der Waals surface area contributed by atoms with Crippen LogP contribution in [-0.4, -0.2) is 25.6 Å². The number of carbonyl (C=O) groups excluding carboxylic acids is 1. The standard InChI is InChI=1S/C21H17FN2O4S/c1-29(26,27)18-6-2-4-16(13-18)24-21(25)10-8-15-7-9-20(19(22)12-15)28-17-5-3-11-23-14-17/h2-14H,1H3,(H,24,25)/b10-8+. The summed E-state index contributed by atoms with van der Waals surface area (Å²) in [4.78, 5) is 16.1. The van der Waals surface area contributed by atoms with E-state index in [9.17, 15) is 17.6 Å². The highest BCUT2D eigenvalue weighted by Crippen LogP contribution is 2.25.